The first-order valence-corrected chi connectivity index (χ1v) is 6.50. The highest BCUT2D eigenvalue weighted by molar-refractivity contribution is 5.85. The molecule has 0 saturated carbocycles. The van der Waals surface area contributed by atoms with Crippen LogP contribution >= 0.6 is 0 Å². The molecule has 0 aliphatic rings. The molecule has 3 aromatic rings. The number of rotatable bonds is 3. The maximum atomic E-state index is 9.29. The predicted molar refractivity (Wildman–Crippen MR) is 81.6 cm³/mol. The summed E-state index contributed by atoms with van der Waals surface area (Å²) in [5.74, 6) is 1.02. The number of hydrogen-bond donors (Lipinski definition) is 1. The first-order chi connectivity index (χ1) is 10.3. The van der Waals surface area contributed by atoms with Crippen LogP contribution in [0.1, 0.15) is 5.56 Å². The highest BCUT2D eigenvalue weighted by Crippen LogP contribution is 2.36. The number of hydrogen-bond acceptors (Lipinski definition) is 3. The van der Waals surface area contributed by atoms with Gasteiger partial charge in [-0.3, -0.25) is 0 Å². The summed E-state index contributed by atoms with van der Waals surface area (Å²) in [5, 5.41) is 10.4. The van der Waals surface area contributed by atoms with Crippen molar-refractivity contribution in [2.75, 3.05) is 14.2 Å². The Morgan fingerprint density at radius 3 is 2.57 bits per heavy atom. The first-order valence-electron chi connectivity index (χ1n) is 6.50. The molecule has 21 heavy (non-hydrogen) atoms. The molecule has 2 aromatic carbocycles. The van der Waals surface area contributed by atoms with E-state index in [0.29, 0.717) is 17.1 Å². The molecule has 0 aliphatic carbocycles. The Labute approximate surface area is 122 Å². The van der Waals surface area contributed by atoms with Gasteiger partial charge in [0, 0.05) is 11.7 Å². The number of fused-ring (bicyclic) bond motifs is 1. The summed E-state index contributed by atoms with van der Waals surface area (Å²) in [4.78, 5) is 3.16. The number of nitriles is 1. The smallest absolute Gasteiger partial charge is 0.178 e. The second-order valence-electron chi connectivity index (χ2n) is 4.65. The summed E-state index contributed by atoms with van der Waals surface area (Å²) in [5.41, 5.74) is 3.49. The fourth-order valence-electron chi connectivity index (χ4n) is 2.45. The van der Waals surface area contributed by atoms with Gasteiger partial charge in [-0.15, -0.1) is 0 Å². The van der Waals surface area contributed by atoms with E-state index in [1.807, 2.05) is 36.5 Å². The first kappa shape index (κ1) is 13.1. The van der Waals surface area contributed by atoms with Gasteiger partial charge in [0.15, 0.2) is 11.5 Å². The SMILES string of the molecule is COc1cc(-c2ccc3[nH]ccc3c2)cc(C#N)c1OC. The highest BCUT2D eigenvalue weighted by Gasteiger charge is 2.13. The van der Waals surface area contributed by atoms with Crippen molar-refractivity contribution >= 4 is 10.9 Å². The lowest BCUT2D eigenvalue weighted by Gasteiger charge is -2.12. The van der Waals surface area contributed by atoms with Crippen LogP contribution in [-0.2, 0) is 0 Å². The normalized spacial score (nSPS) is 10.3. The zero-order valence-corrected chi connectivity index (χ0v) is 11.8. The number of ether oxygens (including phenoxy) is 2. The van der Waals surface area contributed by atoms with Crippen LogP contribution in [0.2, 0.25) is 0 Å². The standard InChI is InChI=1S/C17H14N2O2/c1-20-16-9-13(8-14(10-18)17(16)21-2)11-3-4-15-12(7-11)5-6-19-15/h3-9,19H,1-2H3. The van der Waals surface area contributed by atoms with E-state index in [-0.39, 0.29) is 0 Å². The summed E-state index contributed by atoms with van der Waals surface area (Å²) in [6.07, 6.45) is 1.91. The molecular weight excluding hydrogens is 264 g/mol. The molecule has 0 saturated heterocycles. The molecule has 1 N–H and O–H groups in total. The lowest BCUT2D eigenvalue weighted by atomic mass is 10.0. The van der Waals surface area contributed by atoms with Crippen molar-refractivity contribution in [3.63, 3.8) is 0 Å². The lowest BCUT2D eigenvalue weighted by molar-refractivity contribution is 0.354. The van der Waals surface area contributed by atoms with E-state index in [1.165, 1.54) is 7.11 Å². The van der Waals surface area contributed by atoms with Gasteiger partial charge < -0.3 is 14.5 Å². The number of nitrogens with one attached hydrogen (secondary N) is 1. The molecule has 1 heterocycles. The monoisotopic (exact) mass is 278 g/mol. The average molecular weight is 278 g/mol. The van der Waals surface area contributed by atoms with E-state index in [2.05, 4.69) is 17.1 Å². The third-order valence-corrected chi connectivity index (χ3v) is 3.49. The number of nitrogens with zero attached hydrogens (tertiary/aromatic N) is 1. The maximum Gasteiger partial charge on any atom is 0.178 e. The van der Waals surface area contributed by atoms with Crippen LogP contribution in [-0.4, -0.2) is 19.2 Å². The zero-order chi connectivity index (χ0) is 14.8. The highest BCUT2D eigenvalue weighted by atomic mass is 16.5. The van der Waals surface area contributed by atoms with Gasteiger partial charge in [-0.25, -0.2) is 0 Å². The van der Waals surface area contributed by atoms with Crippen LogP contribution < -0.4 is 9.47 Å². The fraction of sp³-hybridized carbons (Fsp3) is 0.118. The van der Waals surface area contributed by atoms with E-state index in [4.69, 9.17) is 9.47 Å². The van der Waals surface area contributed by atoms with Crippen LogP contribution in [0.5, 0.6) is 11.5 Å². The molecule has 0 unspecified atom stereocenters. The lowest BCUT2D eigenvalue weighted by Crippen LogP contribution is -1.94. The van der Waals surface area contributed by atoms with Crippen molar-refractivity contribution in [1.82, 2.24) is 4.98 Å². The Bertz CT molecular complexity index is 844. The minimum Gasteiger partial charge on any atom is -0.493 e. The van der Waals surface area contributed by atoms with E-state index in [0.717, 1.165) is 22.0 Å². The van der Waals surface area contributed by atoms with Gasteiger partial charge in [0.05, 0.1) is 19.8 Å². The van der Waals surface area contributed by atoms with E-state index in [1.54, 1.807) is 7.11 Å². The Balaban J connectivity index is 2.19. The summed E-state index contributed by atoms with van der Waals surface area (Å²) in [6.45, 7) is 0. The number of aromatic amines is 1. The van der Waals surface area contributed by atoms with Gasteiger partial charge >= 0.3 is 0 Å². The van der Waals surface area contributed by atoms with Crippen molar-refractivity contribution in [1.29, 1.82) is 5.26 Å². The molecule has 0 aliphatic heterocycles. The number of benzene rings is 2. The summed E-state index contributed by atoms with van der Waals surface area (Å²) >= 11 is 0. The van der Waals surface area contributed by atoms with Crippen molar-refractivity contribution < 1.29 is 9.47 Å². The quantitative estimate of drug-likeness (QED) is 0.794. The summed E-state index contributed by atoms with van der Waals surface area (Å²) in [6, 6.07) is 14.0. The fourth-order valence-corrected chi connectivity index (χ4v) is 2.45. The number of H-pyrrole nitrogens is 1. The van der Waals surface area contributed by atoms with E-state index in [9.17, 15) is 5.26 Å². The van der Waals surface area contributed by atoms with Gasteiger partial charge in [0.25, 0.3) is 0 Å². The van der Waals surface area contributed by atoms with Crippen LogP contribution in [0, 0.1) is 11.3 Å². The molecular formula is C17H14N2O2. The summed E-state index contributed by atoms with van der Waals surface area (Å²) < 4.78 is 10.6. The average Bonchev–Trinajstić information content (AvgIpc) is 3.00. The summed E-state index contributed by atoms with van der Waals surface area (Å²) in [7, 11) is 3.10. The van der Waals surface area contributed by atoms with Crippen molar-refractivity contribution in [2.45, 2.75) is 0 Å². The van der Waals surface area contributed by atoms with Crippen LogP contribution in [0.3, 0.4) is 0 Å². The van der Waals surface area contributed by atoms with Gasteiger partial charge in [-0.1, -0.05) is 6.07 Å². The van der Waals surface area contributed by atoms with Gasteiger partial charge in [-0.05, 0) is 46.8 Å². The molecule has 4 nitrogen and oxygen atoms in total. The molecule has 1 aromatic heterocycles. The molecule has 4 heteroatoms. The second kappa shape index (κ2) is 5.22. The van der Waals surface area contributed by atoms with Gasteiger partial charge in [-0.2, -0.15) is 5.26 Å². The Kier molecular flexibility index (Phi) is 3.25. The van der Waals surface area contributed by atoms with Crippen LogP contribution in [0.15, 0.2) is 42.6 Å². The topological polar surface area (TPSA) is 58.0 Å². The number of methoxy groups -OCH3 is 2. The molecule has 104 valence electrons. The van der Waals surface area contributed by atoms with E-state index >= 15 is 0 Å². The Hall–Kier alpha value is -2.93. The molecule has 0 bridgehead atoms. The minimum atomic E-state index is 0.459. The van der Waals surface area contributed by atoms with E-state index < -0.39 is 0 Å². The van der Waals surface area contributed by atoms with Crippen molar-refractivity contribution in [3.8, 4) is 28.7 Å². The second-order valence-corrected chi connectivity index (χ2v) is 4.65. The third kappa shape index (κ3) is 2.19. The molecule has 0 spiro atoms. The van der Waals surface area contributed by atoms with Crippen LogP contribution in [0.25, 0.3) is 22.0 Å². The molecule has 0 amide bonds. The van der Waals surface area contributed by atoms with Gasteiger partial charge in [0.1, 0.15) is 6.07 Å². The molecule has 3 rings (SSSR count). The largest absolute Gasteiger partial charge is 0.493 e. The Morgan fingerprint density at radius 1 is 1.00 bits per heavy atom. The van der Waals surface area contributed by atoms with Crippen molar-refractivity contribution in [3.05, 3.63) is 48.2 Å². The third-order valence-electron chi connectivity index (χ3n) is 3.49. The van der Waals surface area contributed by atoms with Crippen LogP contribution in [0.4, 0.5) is 0 Å². The van der Waals surface area contributed by atoms with Gasteiger partial charge in [0.2, 0.25) is 0 Å². The molecule has 0 atom stereocenters. The minimum absolute atomic E-state index is 0.459. The number of aromatic nitrogens is 1. The van der Waals surface area contributed by atoms with Crippen molar-refractivity contribution in [2.24, 2.45) is 0 Å². The molecule has 0 fully saturated rings. The molecule has 0 radical (unpaired) electrons. The maximum absolute atomic E-state index is 9.29. The predicted octanol–water partition coefficient (Wildman–Crippen LogP) is 3.72. The Morgan fingerprint density at radius 2 is 1.86 bits per heavy atom. The zero-order valence-electron chi connectivity index (χ0n) is 11.8.